The summed E-state index contributed by atoms with van der Waals surface area (Å²) in [5, 5.41) is 4.96. The second-order valence-electron chi connectivity index (χ2n) is 7.02. The SMILES string of the molecule is Cc1[nH]c2c(F)ccc(C)c2c1CCNC(=O)c1[nH]c2ccccc2c1C. The Morgan fingerprint density at radius 3 is 2.63 bits per heavy atom. The second kappa shape index (κ2) is 6.58. The van der Waals surface area contributed by atoms with Crippen LogP contribution in [0.4, 0.5) is 4.39 Å². The van der Waals surface area contributed by atoms with E-state index in [9.17, 15) is 9.18 Å². The number of amides is 1. The van der Waals surface area contributed by atoms with Gasteiger partial charge < -0.3 is 15.3 Å². The molecule has 0 fully saturated rings. The minimum atomic E-state index is -0.248. The third-order valence-corrected chi connectivity index (χ3v) is 5.28. The number of fused-ring (bicyclic) bond motifs is 2. The molecule has 5 heteroatoms. The predicted molar refractivity (Wildman–Crippen MR) is 107 cm³/mol. The minimum absolute atomic E-state index is 0.121. The lowest BCUT2D eigenvalue weighted by molar-refractivity contribution is 0.0949. The molecule has 0 unspecified atom stereocenters. The third kappa shape index (κ3) is 2.89. The van der Waals surface area contributed by atoms with Gasteiger partial charge in [-0.15, -0.1) is 0 Å². The zero-order chi connectivity index (χ0) is 19.1. The van der Waals surface area contributed by atoms with Gasteiger partial charge in [-0.05, 0) is 56.0 Å². The van der Waals surface area contributed by atoms with Crippen LogP contribution in [0.2, 0.25) is 0 Å². The molecule has 2 aromatic heterocycles. The van der Waals surface area contributed by atoms with Gasteiger partial charge in [0.2, 0.25) is 0 Å². The van der Waals surface area contributed by atoms with E-state index >= 15 is 0 Å². The van der Waals surface area contributed by atoms with Crippen molar-refractivity contribution >= 4 is 27.7 Å². The molecule has 1 amide bonds. The summed E-state index contributed by atoms with van der Waals surface area (Å²) in [4.78, 5) is 19.0. The molecule has 0 aliphatic heterocycles. The number of para-hydroxylation sites is 1. The molecular weight excluding hydrogens is 341 g/mol. The summed E-state index contributed by atoms with van der Waals surface area (Å²) in [6.45, 7) is 6.35. The number of halogens is 1. The molecule has 4 rings (SSSR count). The molecule has 0 aliphatic carbocycles. The Kier molecular flexibility index (Phi) is 4.22. The Balaban J connectivity index is 1.54. The third-order valence-electron chi connectivity index (χ3n) is 5.28. The van der Waals surface area contributed by atoms with Gasteiger partial charge in [-0.25, -0.2) is 4.39 Å². The van der Waals surface area contributed by atoms with E-state index in [0.29, 0.717) is 24.2 Å². The number of hydrogen-bond donors (Lipinski definition) is 3. The number of benzene rings is 2. The minimum Gasteiger partial charge on any atom is -0.356 e. The van der Waals surface area contributed by atoms with Gasteiger partial charge in [0.25, 0.3) is 5.91 Å². The molecule has 0 aliphatic rings. The number of hydrogen-bond acceptors (Lipinski definition) is 1. The van der Waals surface area contributed by atoms with Crippen molar-refractivity contribution in [3.63, 3.8) is 0 Å². The summed E-state index contributed by atoms with van der Waals surface area (Å²) in [5.41, 5.74) is 6.06. The highest BCUT2D eigenvalue weighted by Crippen LogP contribution is 2.28. The first-order chi connectivity index (χ1) is 13.0. The number of H-pyrrole nitrogens is 2. The average Bonchev–Trinajstić information content (AvgIpc) is 3.17. The van der Waals surface area contributed by atoms with Gasteiger partial charge in [0.1, 0.15) is 11.5 Å². The van der Waals surface area contributed by atoms with Gasteiger partial charge in [0.05, 0.1) is 5.52 Å². The number of carbonyl (C=O) groups excluding carboxylic acids is 1. The zero-order valence-corrected chi connectivity index (χ0v) is 15.7. The van der Waals surface area contributed by atoms with Crippen molar-refractivity contribution in [3.05, 3.63) is 70.3 Å². The molecular formula is C22H22FN3O. The molecule has 4 nitrogen and oxygen atoms in total. The lowest BCUT2D eigenvalue weighted by Gasteiger charge is -2.07. The molecule has 27 heavy (non-hydrogen) atoms. The molecule has 138 valence electrons. The quantitative estimate of drug-likeness (QED) is 0.484. The normalized spacial score (nSPS) is 11.4. The van der Waals surface area contributed by atoms with Crippen molar-refractivity contribution in [1.82, 2.24) is 15.3 Å². The highest BCUT2D eigenvalue weighted by atomic mass is 19.1. The van der Waals surface area contributed by atoms with Crippen LogP contribution < -0.4 is 5.32 Å². The van der Waals surface area contributed by atoms with Gasteiger partial charge >= 0.3 is 0 Å². The number of carbonyl (C=O) groups is 1. The van der Waals surface area contributed by atoms with E-state index < -0.39 is 0 Å². The highest BCUT2D eigenvalue weighted by Gasteiger charge is 2.16. The number of rotatable bonds is 4. The van der Waals surface area contributed by atoms with Crippen LogP contribution in [0.15, 0.2) is 36.4 Å². The molecule has 0 radical (unpaired) electrons. The Hall–Kier alpha value is -3.08. The lowest BCUT2D eigenvalue weighted by atomic mass is 10.0. The van der Waals surface area contributed by atoms with Gasteiger partial charge in [0.15, 0.2) is 0 Å². The first-order valence-corrected chi connectivity index (χ1v) is 9.09. The fraction of sp³-hybridized carbons (Fsp3) is 0.227. The van der Waals surface area contributed by atoms with Crippen LogP contribution in [0.25, 0.3) is 21.8 Å². The van der Waals surface area contributed by atoms with E-state index in [1.54, 1.807) is 6.07 Å². The topological polar surface area (TPSA) is 60.7 Å². The maximum absolute atomic E-state index is 14.1. The fourth-order valence-corrected chi connectivity index (χ4v) is 3.85. The van der Waals surface area contributed by atoms with E-state index in [4.69, 9.17) is 0 Å². The largest absolute Gasteiger partial charge is 0.356 e. The van der Waals surface area contributed by atoms with Crippen molar-refractivity contribution in [1.29, 1.82) is 0 Å². The summed E-state index contributed by atoms with van der Waals surface area (Å²) < 4.78 is 14.1. The zero-order valence-electron chi connectivity index (χ0n) is 15.7. The number of aromatic nitrogens is 2. The molecule has 4 aromatic rings. The number of nitrogens with one attached hydrogen (secondary N) is 3. The van der Waals surface area contributed by atoms with Gasteiger partial charge in [-0.1, -0.05) is 24.3 Å². The lowest BCUT2D eigenvalue weighted by Crippen LogP contribution is -2.26. The van der Waals surface area contributed by atoms with Crippen LogP contribution in [0, 0.1) is 26.6 Å². The molecule has 0 atom stereocenters. The number of aryl methyl sites for hydroxylation is 3. The summed E-state index contributed by atoms with van der Waals surface area (Å²) >= 11 is 0. The monoisotopic (exact) mass is 363 g/mol. The van der Waals surface area contributed by atoms with Crippen LogP contribution in [0.3, 0.4) is 0 Å². The van der Waals surface area contributed by atoms with Gasteiger partial charge in [-0.3, -0.25) is 4.79 Å². The van der Waals surface area contributed by atoms with Crippen LogP contribution >= 0.6 is 0 Å². The van der Waals surface area contributed by atoms with Crippen molar-refractivity contribution in [2.75, 3.05) is 6.54 Å². The Labute approximate surface area is 156 Å². The smallest absolute Gasteiger partial charge is 0.268 e. The first kappa shape index (κ1) is 17.3. The highest BCUT2D eigenvalue weighted by molar-refractivity contribution is 6.00. The van der Waals surface area contributed by atoms with Crippen molar-refractivity contribution in [3.8, 4) is 0 Å². The maximum atomic E-state index is 14.1. The maximum Gasteiger partial charge on any atom is 0.268 e. The van der Waals surface area contributed by atoms with Gasteiger partial charge in [-0.2, -0.15) is 0 Å². The Bertz CT molecular complexity index is 1170. The van der Waals surface area contributed by atoms with Crippen molar-refractivity contribution in [2.24, 2.45) is 0 Å². The van der Waals surface area contributed by atoms with Crippen LogP contribution in [0.1, 0.15) is 32.9 Å². The summed E-state index contributed by atoms with van der Waals surface area (Å²) in [6.07, 6.45) is 0.640. The van der Waals surface area contributed by atoms with Crippen molar-refractivity contribution < 1.29 is 9.18 Å². The molecule has 0 spiro atoms. The van der Waals surface area contributed by atoms with E-state index in [0.717, 1.165) is 38.7 Å². The van der Waals surface area contributed by atoms with Crippen LogP contribution in [-0.4, -0.2) is 22.4 Å². The van der Waals surface area contributed by atoms with E-state index in [1.807, 2.05) is 45.0 Å². The molecule has 2 heterocycles. The van der Waals surface area contributed by atoms with E-state index in [1.165, 1.54) is 6.07 Å². The Morgan fingerprint density at radius 1 is 1.07 bits per heavy atom. The summed E-state index contributed by atoms with van der Waals surface area (Å²) in [6, 6.07) is 11.2. The average molecular weight is 363 g/mol. The molecule has 0 saturated carbocycles. The molecule has 0 saturated heterocycles. The number of aromatic amines is 2. The summed E-state index contributed by atoms with van der Waals surface area (Å²) in [5.74, 6) is -0.369. The van der Waals surface area contributed by atoms with E-state index in [2.05, 4.69) is 15.3 Å². The van der Waals surface area contributed by atoms with Crippen LogP contribution in [0.5, 0.6) is 0 Å². The molecule has 0 bridgehead atoms. The first-order valence-electron chi connectivity index (χ1n) is 9.09. The second-order valence-corrected chi connectivity index (χ2v) is 7.02. The van der Waals surface area contributed by atoms with Crippen molar-refractivity contribution in [2.45, 2.75) is 27.2 Å². The fourth-order valence-electron chi connectivity index (χ4n) is 3.85. The van der Waals surface area contributed by atoms with Crippen LogP contribution in [-0.2, 0) is 6.42 Å². The predicted octanol–water partition coefficient (Wildman–Crippen LogP) is 4.69. The standard InChI is InChI=1S/C22H22FN3O/c1-12-8-9-17(23)21-19(12)16(14(3)25-21)10-11-24-22(27)20-13(2)15-6-4-5-7-18(15)26-20/h4-9,25-26H,10-11H2,1-3H3,(H,24,27). The van der Waals surface area contributed by atoms with Gasteiger partial charge in [0, 0.05) is 28.5 Å². The molecule has 2 aromatic carbocycles. The summed E-state index contributed by atoms with van der Waals surface area (Å²) in [7, 11) is 0. The molecule has 3 N–H and O–H groups in total. The van der Waals surface area contributed by atoms with E-state index in [-0.39, 0.29) is 11.7 Å². The Morgan fingerprint density at radius 2 is 1.85 bits per heavy atom.